The lowest BCUT2D eigenvalue weighted by molar-refractivity contribution is -0.139. The maximum Gasteiger partial charge on any atom is 0.326 e. The number of piperidine rings is 1. The average molecular weight is 272 g/mol. The lowest BCUT2D eigenvalue weighted by Crippen LogP contribution is -2.53. The quantitative estimate of drug-likeness (QED) is 0.697. The normalized spacial score (nSPS) is 24.9. The fourth-order valence-electron chi connectivity index (χ4n) is 2.14. The molecule has 1 fully saturated rings. The number of urea groups is 1. The number of nitrogens with zero attached hydrogens (tertiary/aromatic N) is 1. The number of nitrogens with one attached hydrogen (secondary N) is 1. The highest BCUT2D eigenvalue weighted by Crippen LogP contribution is 2.17. The van der Waals surface area contributed by atoms with Crippen molar-refractivity contribution in [2.75, 3.05) is 13.1 Å². The van der Waals surface area contributed by atoms with Gasteiger partial charge in [0.15, 0.2) is 0 Å². The average Bonchev–Trinajstić information content (AvgIpc) is 2.37. The Labute approximate surface area is 113 Å². The van der Waals surface area contributed by atoms with Gasteiger partial charge >= 0.3 is 12.0 Å². The van der Waals surface area contributed by atoms with Gasteiger partial charge in [0.2, 0.25) is 0 Å². The van der Waals surface area contributed by atoms with Gasteiger partial charge in [-0.25, -0.2) is 9.59 Å². The number of carbonyl (C=O) groups is 2. The van der Waals surface area contributed by atoms with Crippen molar-refractivity contribution in [1.82, 2.24) is 10.2 Å². The monoisotopic (exact) mass is 272 g/mol. The van der Waals surface area contributed by atoms with E-state index in [0.717, 1.165) is 19.3 Å². The Hall–Kier alpha value is -1.30. The van der Waals surface area contributed by atoms with Gasteiger partial charge in [-0.3, -0.25) is 0 Å². The molecule has 19 heavy (non-hydrogen) atoms. The minimum atomic E-state index is -1.01. The number of aliphatic hydroxyl groups excluding tert-OH is 1. The fraction of sp³-hybridized carbons (Fsp3) is 0.846. The third kappa shape index (κ3) is 4.70. The minimum Gasteiger partial charge on any atom is -0.480 e. The molecule has 0 spiro atoms. The van der Waals surface area contributed by atoms with E-state index >= 15 is 0 Å². The van der Waals surface area contributed by atoms with Crippen LogP contribution in [0.1, 0.15) is 39.5 Å². The van der Waals surface area contributed by atoms with Crippen LogP contribution in [0, 0.1) is 5.92 Å². The zero-order valence-electron chi connectivity index (χ0n) is 11.6. The van der Waals surface area contributed by atoms with Gasteiger partial charge in [0, 0.05) is 13.1 Å². The minimum absolute atomic E-state index is 0.180. The van der Waals surface area contributed by atoms with Gasteiger partial charge in [0.25, 0.3) is 0 Å². The molecule has 3 N–H and O–H groups in total. The number of β-amino-alcohol motifs (C(OH)–C–C–N with tert-alkyl or cyclic N) is 1. The molecule has 0 aromatic heterocycles. The molecule has 1 aliphatic rings. The van der Waals surface area contributed by atoms with Gasteiger partial charge in [0.05, 0.1) is 6.10 Å². The number of unbranched alkanes of at least 4 members (excludes halogenated alkanes) is 1. The molecule has 6 nitrogen and oxygen atoms in total. The van der Waals surface area contributed by atoms with E-state index in [1.807, 2.05) is 13.8 Å². The van der Waals surface area contributed by atoms with Gasteiger partial charge in [-0.15, -0.1) is 0 Å². The summed E-state index contributed by atoms with van der Waals surface area (Å²) in [7, 11) is 0. The third-order valence-corrected chi connectivity index (χ3v) is 3.65. The van der Waals surface area contributed by atoms with Crippen LogP contribution in [0.15, 0.2) is 0 Å². The number of amides is 2. The van der Waals surface area contributed by atoms with Crippen LogP contribution >= 0.6 is 0 Å². The van der Waals surface area contributed by atoms with Gasteiger partial charge in [-0.2, -0.15) is 0 Å². The molecule has 1 rings (SSSR count). The number of aliphatic carboxylic acids is 1. The van der Waals surface area contributed by atoms with Crippen LogP contribution in [-0.4, -0.2) is 52.3 Å². The molecular weight excluding hydrogens is 248 g/mol. The first kappa shape index (κ1) is 15.8. The summed E-state index contributed by atoms with van der Waals surface area (Å²) in [5, 5.41) is 21.3. The SMILES string of the molecule is CCCC[C@H](NC(=O)N1CCC(C)C(O)C1)C(=O)O. The summed E-state index contributed by atoms with van der Waals surface area (Å²) in [6.45, 7) is 4.75. The Morgan fingerprint density at radius 3 is 2.68 bits per heavy atom. The van der Waals surface area contributed by atoms with Crippen LogP contribution in [0.4, 0.5) is 4.79 Å². The number of carbonyl (C=O) groups excluding carboxylic acids is 1. The second-order valence-corrected chi connectivity index (χ2v) is 5.26. The van der Waals surface area contributed by atoms with Crippen molar-refractivity contribution in [3.05, 3.63) is 0 Å². The summed E-state index contributed by atoms with van der Waals surface area (Å²) in [6, 6.07) is -1.24. The van der Waals surface area contributed by atoms with E-state index in [4.69, 9.17) is 5.11 Å². The Morgan fingerprint density at radius 1 is 1.47 bits per heavy atom. The lowest BCUT2D eigenvalue weighted by atomic mass is 9.96. The Morgan fingerprint density at radius 2 is 2.16 bits per heavy atom. The van der Waals surface area contributed by atoms with Gasteiger partial charge in [-0.1, -0.05) is 26.7 Å². The predicted octanol–water partition coefficient (Wildman–Crippen LogP) is 1.04. The number of aliphatic hydroxyl groups is 1. The number of likely N-dealkylation sites (tertiary alicyclic amines) is 1. The molecule has 0 aromatic rings. The van der Waals surface area contributed by atoms with Crippen LogP contribution in [0.5, 0.6) is 0 Å². The maximum atomic E-state index is 12.0. The van der Waals surface area contributed by atoms with E-state index in [1.165, 1.54) is 4.90 Å². The van der Waals surface area contributed by atoms with Gasteiger partial charge < -0.3 is 20.4 Å². The standard InChI is InChI=1S/C13H24N2O4/c1-3-4-5-10(12(17)18)14-13(19)15-7-6-9(2)11(16)8-15/h9-11,16H,3-8H2,1-2H3,(H,14,19)(H,17,18)/t9?,10-,11?/m0/s1. The summed E-state index contributed by atoms with van der Waals surface area (Å²) < 4.78 is 0. The van der Waals surface area contributed by atoms with Gasteiger partial charge in [0.1, 0.15) is 6.04 Å². The van der Waals surface area contributed by atoms with Crippen molar-refractivity contribution in [3.63, 3.8) is 0 Å². The van der Waals surface area contributed by atoms with E-state index in [9.17, 15) is 14.7 Å². The van der Waals surface area contributed by atoms with Crippen molar-refractivity contribution < 1.29 is 19.8 Å². The van der Waals surface area contributed by atoms with Crippen LogP contribution in [-0.2, 0) is 4.79 Å². The molecule has 0 aromatic carbocycles. The molecule has 0 bridgehead atoms. The highest BCUT2D eigenvalue weighted by molar-refractivity contribution is 5.82. The molecule has 0 aliphatic carbocycles. The summed E-state index contributed by atoms with van der Waals surface area (Å²) in [6.07, 6.45) is 2.29. The van der Waals surface area contributed by atoms with Crippen LogP contribution in [0.2, 0.25) is 0 Å². The largest absolute Gasteiger partial charge is 0.480 e. The molecule has 2 amide bonds. The van der Waals surface area contributed by atoms with Gasteiger partial charge in [-0.05, 0) is 18.8 Å². The molecule has 1 heterocycles. The van der Waals surface area contributed by atoms with E-state index in [-0.39, 0.29) is 12.5 Å². The number of carboxylic acid groups (broad SMARTS) is 1. The first-order valence-corrected chi connectivity index (χ1v) is 6.92. The maximum absolute atomic E-state index is 12.0. The highest BCUT2D eigenvalue weighted by Gasteiger charge is 2.29. The topological polar surface area (TPSA) is 89.9 Å². The van der Waals surface area contributed by atoms with Crippen LogP contribution in [0.3, 0.4) is 0 Å². The number of hydrogen-bond donors (Lipinski definition) is 3. The summed E-state index contributed by atoms with van der Waals surface area (Å²) in [5.74, 6) is -0.827. The molecule has 3 atom stereocenters. The smallest absolute Gasteiger partial charge is 0.326 e. The summed E-state index contributed by atoms with van der Waals surface area (Å²) in [4.78, 5) is 24.5. The number of rotatable bonds is 5. The fourth-order valence-corrected chi connectivity index (χ4v) is 2.14. The second kappa shape index (κ2) is 7.33. The number of carboxylic acids is 1. The van der Waals surface area contributed by atoms with E-state index in [2.05, 4.69) is 5.32 Å². The van der Waals surface area contributed by atoms with Crippen molar-refractivity contribution in [2.24, 2.45) is 5.92 Å². The van der Waals surface area contributed by atoms with Crippen molar-refractivity contribution in [1.29, 1.82) is 0 Å². The first-order valence-electron chi connectivity index (χ1n) is 6.92. The zero-order chi connectivity index (χ0) is 14.4. The molecule has 6 heteroatoms. The Bertz CT molecular complexity index is 322. The highest BCUT2D eigenvalue weighted by atomic mass is 16.4. The number of hydrogen-bond acceptors (Lipinski definition) is 3. The first-order chi connectivity index (χ1) is 8.95. The van der Waals surface area contributed by atoms with Crippen molar-refractivity contribution >= 4 is 12.0 Å². The van der Waals surface area contributed by atoms with Crippen LogP contribution in [0.25, 0.3) is 0 Å². The Kier molecular flexibility index (Phi) is 6.08. The van der Waals surface area contributed by atoms with Crippen molar-refractivity contribution in [2.45, 2.75) is 51.7 Å². The van der Waals surface area contributed by atoms with Crippen molar-refractivity contribution in [3.8, 4) is 0 Å². The Balaban J connectivity index is 2.50. The zero-order valence-corrected chi connectivity index (χ0v) is 11.6. The van der Waals surface area contributed by atoms with E-state index in [1.54, 1.807) is 0 Å². The second-order valence-electron chi connectivity index (χ2n) is 5.26. The van der Waals surface area contributed by atoms with E-state index < -0.39 is 24.1 Å². The molecule has 1 aliphatic heterocycles. The molecule has 0 saturated carbocycles. The molecule has 1 saturated heterocycles. The summed E-state index contributed by atoms with van der Waals surface area (Å²) in [5.41, 5.74) is 0. The predicted molar refractivity (Wildman–Crippen MR) is 70.8 cm³/mol. The molecule has 0 radical (unpaired) electrons. The molecule has 110 valence electrons. The van der Waals surface area contributed by atoms with Crippen LogP contribution < -0.4 is 5.32 Å². The lowest BCUT2D eigenvalue weighted by Gasteiger charge is -2.34. The third-order valence-electron chi connectivity index (χ3n) is 3.65. The van der Waals surface area contributed by atoms with E-state index in [0.29, 0.717) is 13.0 Å². The molecular formula is C13H24N2O4. The molecule has 2 unspecified atom stereocenters. The summed E-state index contributed by atoms with van der Waals surface area (Å²) >= 11 is 0.